The molecule has 0 aliphatic heterocycles. The highest BCUT2D eigenvalue weighted by molar-refractivity contribution is 6.43. The molecule has 0 saturated heterocycles. The minimum Gasteiger partial charge on any atom is -0.324 e. The molecule has 0 radical (unpaired) electrons. The Kier molecular flexibility index (Phi) is 4.13. The van der Waals surface area contributed by atoms with Crippen LogP contribution in [-0.4, -0.2) is 5.91 Å². The van der Waals surface area contributed by atoms with Gasteiger partial charge in [-0.05, 0) is 12.1 Å². The Morgan fingerprint density at radius 1 is 1.38 bits per heavy atom. The minimum absolute atomic E-state index is 0.0823. The van der Waals surface area contributed by atoms with Gasteiger partial charge >= 0.3 is 0 Å². The maximum atomic E-state index is 11.2. The van der Waals surface area contributed by atoms with Crippen molar-refractivity contribution in [2.24, 2.45) is 0 Å². The van der Waals surface area contributed by atoms with Crippen molar-refractivity contribution in [3.63, 3.8) is 0 Å². The molecule has 0 aromatic heterocycles. The first kappa shape index (κ1) is 12.3. The average Bonchev–Trinajstić information content (AvgIpc) is 2.24. The van der Waals surface area contributed by atoms with E-state index in [9.17, 15) is 4.79 Å². The van der Waals surface area contributed by atoms with E-state index in [0.29, 0.717) is 0 Å². The van der Waals surface area contributed by atoms with E-state index in [2.05, 4.69) is 5.32 Å². The molecule has 1 aromatic rings. The summed E-state index contributed by atoms with van der Waals surface area (Å²) in [6.45, 7) is 0. The number of hydrogen-bond acceptors (Lipinski definition) is 3. The monoisotopic (exact) mass is 253 g/mol. The van der Waals surface area contributed by atoms with Gasteiger partial charge in [0.25, 0.3) is 0 Å². The van der Waals surface area contributed by atoms with Gasteiger partial charge in [0, 0.05) is 0 Å². The van der Waals surface area contributed by atoms with Crippen LogP contribution in [0, 0.1) is 22.7 Å². The fourth-order valence-corrected chi connectivity index (χ4v) is 1.39. The van der Waals surface area contributed by atoms with Gasteiger partial charge in [0.1, 0.15) is 12.5 Å². The summed E-state index contributed by atoms with van der Waals surface area (Å²) < 4.78 is 0. The summed E-state index contributed by atoms with van der Waals surface area (Å²) in [6.07, 6.45) is -0.287. The standard InChI is InChI=1S/C10H5Cl2N3O/c11-7-1-2-8(6(5-14)10(7)12)15-9(16)3-4-13/h1-2H,3H2,(H,15,16). The van der Waals surface area contributed by atoms with Crippen LogP contribution in [0.5, 0.6) is 0 Å². The van der Waals surface area contributed by atoms with Crippen molar-refractivity contribution in [3.05, 3.63) is 27.7 Å². The highest BCUT2D eigenvalue weighted by atomic mass is 35.5. The van der Waals surface area contributed by atoms with Gasteiger partial charge in [-0.1, -0.05) is 23.2 Å². The number of carbonyl (C=O) groups excluding carboxylic acids is 1. The lowest BCUT2D eigenvalue weighted by atomic mass is 10.2. The molecule has 0 saturated carbocycles. The van der Waals surface area contributed by atoms with Gasteiger partial charge in [-0.3, -0.25) is 4.79 Å². The number of benzene rings is 1. The number of rotatable bonds is 2. The average molecular weight is 254 g/mol. The molecule has 1 N–H and O–H groups in total. The second-order valence-corrected chi connectivity index (χ2v) is 3.56. The Hall–Kier alpha value is -1.75. The summed E-state index contributed by atoms with van der Waals surface area (Å²) in [4.78, 5) is 11.2. The molecule has 1 aromatic carbocycles. The van der Waals surface area contributed by atoms with Crippen LogP contribution in [0.1, 0.15) is 12.0 Å². The Morgan fingerprint density at radius 2 is 2.06 bits per heavy atom. The minimum atomic E-state index is -0.502. The highest BCUT2D eigenvalue weighted by Gasteiger charge is 2.12. The first-order valence-corrected chi connectivity index (χ1v) is 4.90. The molecule has 0 atom stereocenters. The third-order valence-corrected chi connectivity index (χ3v) is 2.52. The molecule has 6 heteroatoms. The molecule has 0 fully saturated rings. The van der Waals surface area contributed by atoms with Crippen LogP contribution in [0.3, 0.4) is 0 Å². The van der Waals surface area contributed by atoms with E-state index in [1.165, 1.54) is 12.1 Å². The predicted octanol–water partition coefficient (Wildman–Crippen LogP) is 2.72. The molecule has 0 aliphatic rings. The van der Waals surface area contributed by atoms with E-state index >= 15 is 0 Å². The van der Waals surface area contributed by atoms with Gasteiger partial charge in [0.05, 0.1) is 27.4 Å². The van der Waals surface area contributed by atoms with E-state index in [1.807, 2.05) is 6.07 Å². The third-order valence-electron chi connectivity index (χ3n) is 1.72. The Balaban J connectivity index is 3.08. The van der Waals surface area contributed by atoms with Gasteiger partial charge in [-0.25, -0.2) is 0 Å². The van der Waals surface area contributed by atoms with Crippen LogP contribution in [-0.2, 0) is 4.79 Å². The maximum Gasteiger partial charge on any atom is 0.238 e. The molecule has 1 rings (SSSR count). The quantitative estimate of drug-likeness (QED) is 0.881. The fraction of sp³-hybridized carbons (Fsp3) is 0.100. The number of nitriles is 2. The lowest BCUT2D eigenvalue weighted by Crippen LogP contribution is -2.11. The number of halogens is 2. The van der Waals surface area contributed by atoms with Gasteiger partial charge in [0.2, 0.25) is 5.91 Å². The molecule has 0 unspecified atom stereocenters. The fourth-order valence-electron chi connectivity index (χ4n) is 1.03. The first-order chi connectivity index (χ1) is 7.60. The van der Waals surface area contributed by atoms with Gasteiger partial charge < -0.3 is 5.32 Å². The second-order valence-electron chi connectivity index (χ2n) is 2.78. The Morgan fingerprint density at radius 3 is 2.62 bits per heavy atom. The number of amides is 1. The van der Waals surface area contributed by atoms with Gasteiger partial charge in [0.15, 0.2) is 0 Å². The van der Waals surface area contributed by atoms with E-state index in [0.717, 1.165) is 0 Å². The Labute approximate surface area is 102 Å². The largest absolute Gasteiger partial charge is 0.324 e. The predicted molar refractivity (Wildman–Crippen MR) is 60.0 cm³/mol. The zero-order chi connectivity index (χ0) is 12.1. The van der Waals surface area contributed by atoms with Crippen molar-refractivity contribution in [1.82, 2.24) is 0 Å². The van der Waals surface area contributed by atoms with Gasteiger partial charge in [-0.2, -0.15) is 10.5 Å². The van der Waals surface area contributed by atoms with Crippen LogP contribution in [0.4, 0.5) is 5.69 Å². The lowest BCUT2D eigenvalue weighted by Gasteiger charge is -2.07. The molecule has 0 bridgehead atoms. The SMILES string of the molecule is N#CCC(=O)Nc1ccc(Cl)c(Cl)c1C#N. The smallest absolute Gasteiger partial charge is 0.238 e. The summed E-state index contributed by atoms with van der Waals surface area (Å²) in [6, 6.07) is 6.46. The highest BCUT2D eigenvalue weighted by Crippen LogP contribution is 2.30. The Bertz CT molecular complexity index is 514. The summed E-state index contributed by atoms with van der Waals surface area (Å²) in [5.74, 6) is -0.502. The van der Waals surface area contributed by atoms with Crippen molar-refractivity contribution < 1.29 is 4.79 Å². The zero-order valence-corrected chi connectivity index (χ0v) is 9.43. The molecule has 0 aliphatic carbocycles. The molecule has 80 valence electrons. The van der Waals surface area contributed by atoms with E-state index in [-0.39, 0.29) is 27.7 Å². The van der Waals surface area contributed by atoms with E-state index in [1.54, 1.807) is 6.07 Å². The lowest BCUT2D eigenvalue weighted by molar-refractivity contribution is -0.115. The van der Waals surface area contributed by atoms with Crippen molar-refractivity contribution in [3.8, 4) is 12.1 Å². The van der Waals surface area contributed by atoms with Crippen LogP contribution < -0.4 is 5.32 Å². The summed E-state index contributed by atoms with van der Waals surface area (Å²) in [7, 11) is 0. The van der Waals surface area contributed by atoms with Crippen molar-refractivity contribution in [1.29, 1.82) is 10.5 Å². The molecule has 1 amide bonds. The molecule has 4 nitrogen and oxygen atoms in total. The first-order valence-electron chi connectivity index (χ1n) is 4.15. The van der Waals surface area contributed by atoms with Crippen LogP contribution in [0.2, 0.25) is 10.0 Å². The summed E-state index contributed by atoms with van der Waals surface area (Å²) in [5, 5.41) is 19.9. The number of nitrogens with one attached hydrogen (secondary N) is 1. The zero-order valence-electron chi connectivity index (χ0n) is 7.92. The van der Waals surface area contributed by atoms with Crippen molar-refractivity contribution >= 4 is 34.8 Å². The van der Waals surface area contributed by atoms with E-state index < -0.39 is 5.91 Å². The molecular formula is C10H5Cl2N3O. The number of hydrogen-bond donors (Lipinski definition) is 1. The normalized spacial score (nSPS) is 9.00. The molecule has 0 spiro atoms. The molecule has 16 heavy (non-hydrogen) atoms. The van der Waals surface area contributed by atoms with Crippen molar-refractivity contribution in [2.75, 3.05) is 5.32 Å². The third kappa shape index (κ3) is 2.64. The van der Waals surface area contributed by atoms with Crippen LogP contribution >= 0.6 is 23.2 Å². The maximum absolute atomic E-state index is 11.2. The van der Waals surface area contributed by atoms with Crippen LogP contribution in [0.25, 0.3) is 0 Å². The summed E-state index contributed by atoms with van der Waals surface area (Å²) in [5.41, 5.74) is 0.331. The van der Waals surface area contributed by atoms with Crippen LogP contribution in [0.15, 0.2) is 12.1 Å². The van der Waals surface area contributed by atoms with Crippen molar-refractivity contribution in [2.45, 2.75) is 6.42 Å². The van der Waals surface area contributed by atoms with Gasteiger partial charge in [-0.15, -0.1) is 0 Å². The number of anilines is 1. The number of carbonyl (C=O) groups is 1. The number of nitrogens with zero attached hydrogens (tertiary/aromatic N) is 2. The molecular weight excluding hydrogens is 249 g/mol. The van der Waals surface area contributed by atoms with E-state index in [4.69, 9.17) is 33.7 Å². The topological polar surface area (TPSA) is 76.7 Å². The second kappa shape index (κ2) is 5.37. The summed E-state index contributed by atoms with van der Waals surface area (Å²) >= 11 is 11.5. The molecule has 0 heterocycles.